The fraction of sp³-hybridized carbons (Fsp3) is 0.0909. The molecule has 4 heteroatoms. The van der Waals surface area contributed by atoms with Gasteiger partial charge < -0.3 is 5.73 Å². The van der Waals surface area contributed by atoms with Gasteiger partial charge in [0.1, 0.15) is 0 Å². The first-order valence-corrected chi connectivity index (χ1v) is 6.53. The summed E-state index contributed by atoms with van der Waals surface area (Å²) in [6, 6.07) is 7.67. The summed E-state index contributed by atoms with van der Waals surface area (Å²) in [5.74, 6) is 0. The summed E-state index contributed by atoms with van der Waals surface area (Å²) >= 11 is 11.2. The van der Waals surface area contributed by atoms with Crippen molar-refractivity contribution in [1.82, 2.24) is 0 Å². The summed E-state index contributed by atoms with van der Waals surface area (Å²) in [6.07, 6.45) is 0. The van der Waals surface area contributed by atoms with Crippen LogP contribution in [0.5, 0.6) is 0 Å². The number of hydrogen-bond acceptors (Lipinski definition) is 2. The van der Waals surface area contributed by atoms with E-state index in [1.807, 2.05) is 35.0 Å². The molecule has 1 nitrogen and oxygen atoms in total. The molecule has 0 saturated heterocycles. The highest BCUT2D eigenvalue weighted by molar-refractivity contribution is 9.10. The summed E-state index contributed by atoms with van der Waals surface area (Å²) in [6.45, 7) is 0. The molecule has 0 aliphatic heterocycles. The third kappa shape index (κ3) is 2.26. The van der Waals surface area contributed by atoms with Crippen molar-refractivity contribution in [3.8, 4) is 0 Å². The van der Waals surface area contributed by atoms with E-state index in [4.69, 9.17) is 17.3 Å². The summed E-state index contributed by atoms with van der Waals surface area (Å²) in [4.78, 5) is 0. The lowest BCUT2D eigenvalue weighted by molar-refractivity contribution is 0.876. The normalized spacial score (nSPS) is 12.7. The molecule has 1 unspecified atom stereocenters. The van der Waals surface area contributed by atoms with Gasteiger partial charge in [0.15, 0.2) is 0 Å². The van der Waals surface area contributed by atoms with E-state index in [0.29, 0.717) is 5.02 Å². The predicted molar refractivity (Wildman–Crippen MR) is 69.5 cm³/mol. The molecule has 2 N–H and O–H groups in total. The third-order valence-corrected chi connectivity index (χ3v) is 4.23. The van der Waals surface area contributed by atoms with Gasteiger partial charge in [-0.2, -0.15) is 11.3 Å². The molecular weight excluding hydrogens is 294 g/mol. The highest BCUT2D eigenvalue weighted by Gasteiger charge is 2.13. The SMILES string of the molecule is NC(c1ccsc1)c1cccc(Br)c1Cl. The lowest BCUT2D eigenvalue weighted by Crippen LogP contribution is -2.11. The zero-order chi connectivity index (χ0) is 10.8. The van der Waals surface area contributed by atoms with E-state index in [-0.39, 0.29) is 6.04 Å². The molecule has 0 aliphatic rings. The second kappa shape index (κ2) is 4.66. The Morgan fingerprint density at radius 2 is 2.13 bits per heavy atom. The van der Waals surface area contributed by atoms with Crippen LogP contribution in [0.3, 0.4) is 0 Å². The molecular formula is C11H9BrClNS. The second-order valence-electron chi connectivity index (χ2n) is 3.18. The van der Waals surface area contributed by atoms with Gasteiger partial charge in [-0.15, -0.1) is 0 Å². The van der Waals surface area contributed by atoms with Crippen LogP contribution in [0.4, 0.5) is 0 Å². The number of benzene rings is 1. The standard InChI is InChI=1S/C11H9BrClNS/c12-9-3-1-2-8(10(9)13)11(14)7-4-5-15-6-7/h1-6,11H,14H2. The van der Waals surface area contributed by atoms with Crippen molar-refractivity contribution in [3.63, 3.8) is 0 Å². The Morgan fingerprint density at radius 1 is 1.33 bits per heavy atom. The number of rotatable bonds is 2. The van der Waals surface area contributed by atoms with Crippen LogP contribution < -0.4 is 5.73 Å². The third-order valence-electron chi connectivity index (χ3n) is 2.22. The van der Waals surface area contributed by atoms with Crippen molar-refractivity contribution in [2.45, 2.75) is 6.04 Å². The van der Waals surface area contributed by atoms with Crippen LogP contribution >= 0.6 is 38.9 Å². The minimum Gasteiger partial charge on any atom is -0.320 e. The summed E-state index contributed by atoms with van der Waals surface area (Å²) in [5, 5.41) is 4.75. The molecule has 0 amide bonds. The first kappa shape index (κ1) is 11.1. The van der Waals surface area contributed by atoms with Crippen LogP contribution in [0.25, 0.3) is 0 Å². The molecule has 0 saturated carbocycles. The van der Waals surface area contributed by atoms with Crippen molar-refractivity contribution in [2.24, 2.45) is 5.73 Å². The van der Waals surface area contributed by atoms with Gasteiger partial charge in [-0.25, -0.2) is 0 Å². The number of halogens is 2. The molecule has 0 fully saturated rings. The number of thiophene rings is 1. The Labute approximate surface area is 106 Å². The molecule has 0 aliphatic carbocycles. The zero-order valence-electron chi connectivity index (χ0n) is 7.78. The summed E-state index contributed by atoms with van der Waals surface area (Å²) < 4.78 is 0.882. The van der Waals surface area contributed by atoms with Crippen molar-refractivity contribution < 1.29 is 0 Å². The Balaban J connectivity index is 2.42. The fourth-order valence-electron chi connectivity index (χ4n) is 1.39. The van der Waals surface area contributed by atoms with E-state index < -0.39 is 0 Å². The van der Waals surface area contributed by atoms with Crippen molar-refractivity contribution in [2.75, 3.05) is 0 Å². The molecule has 78 valence electrons. The van der Waals surface area contributed by atoms with Crippen LogP contribution in [-0.2, 0) is 0 Å². The van der Waals surface area contributed by atoms with Crippen LogP contribution in [0.2, 0.25) is 5.02 Å². The number of hydrogen-bond donors (Lipinski definition) is 1. The summed E-state index contributed by atoms with van der Waals surface area (Å²) in [7, 11) is 0. The van der Waals surface area contributed by atoms with E-state index in [2.05, 4.69) is 15.9 Å². The smallest absolute Gasteiger partial charge is 0.0599 e. The van der Waals surface area contributed by atoms with Crippen LogP contribution in [0.15, 0.2) is 39.5 Å². The lowest BCUT2D eigenvalue weighted by atomic mass is 10.0. The molecule has 1 aromatic heterocycles. The molecule has 1 heterocycles. The topological polar surface area (TPSA) is 26.0 Å². The van der Waals surface area contributed by atoms with Crippen molar-refractivity contribution in [3.05, 3.63) is 55.6 Å². The molecule has 15 heavy (non-hydrogen) atoms. The quantitative estimate of drug-likeness (QED) is 0.883. The van der Waals surface area contributed by atoms with Gasteiger partial charge in [-0.3, -0.25) is 0 Å². The van der Waals surface area contributed by atoms with E-state index in [0.717, 1.165) is 15.6 Å². The maximum atomic E-state index is 6.18. The number of nitrogens with two attached hydrogens (primary N) is 1. The Bertz CT molecular complexity index is 456. The van der Waals surface area contributed by atoms with Gasteiger partial charge in [0.2, 0.25) is 0 Å². The Kier molecular flexibility index (Phi) is 3.46. The monoisotopic (exact) mass is 301 g/mol. The van der Waals surface area contributed by atoms with E-state index in [9.17, 15) is 0 Å². The first-order chi connectivity index (χ1) is 7.20. The van der Waals surface area contributed by atoms with Crippen molar-refractivity contribution in [1.29, 1.82) is 0 Å². The Hall–Kier alpha value is -0.350. The Morgan fingerprint density at radius 3 is 2.80 bits per heavy atom. The van der Waals surface area contributed by atoms with E-state index >= 15 is 0 Å². The van der Waals surface area contributed by atoms with Crippen LogP contribution in [-0.4, -0.2) is 0 Å². The van der Waals surface area contributed by atoms with Gasteiger partial charge >= 0.3 is 0 Å². The van der Waals surface area contributed by atoms with Crippen LogP contribution in [0.1, 0.15) is 17.2 Å². The highest BCUT2D eigenvalue weighted by Crippen LogP contribution is 2.32. The average Bonchev–Trinajstić information content (AvgIpc) is 2.74. The molecule has 0 spiro atoms. The van der Waals surface area contributed by atoms with Gasteiger partial charge in [0.25, 0.3) is 0 Å². The van der Waals surface area contributed by atoms with E-state index in [1.54, 1.807) is 11.3 Å². The molecule has 2 rings (SSSR count). The second-order valence-corrected chi connectivity index (χ2v) is 5.19. The maximum Gasteiger partial charge on any atom is 0.0599 e. The first-order valence-electron chi connectivity index (χ1n) is 4.41. The summed E-state index contributed by atoms with van der Waals surface area (Å²) in [5.41, 5.74) is 8.18. The molecule has 0 bridgehead atoms. The highest BCUT2D eigenvalue weighted by atomic mass is 79.9. The zero-order valence-corrected chi connectivity index (χ0v) is 10.9. The molecule has 2 aromatic rings. The van der Waals surface area contributed by atoms with E-state index in [1.165, 1.54) is 0 Å². The maximum absolute atomic E-state index is 6.18. The van der Waals surface area contributed by atoms with Crippen LogP contribution in [0, 0.1) is 0 Å². The largest absolute Gasteiger partial charge is 0.320 e. The minimum absolute atomic E-state index is 0.152. The minimum atomic E-state index is -0.152. The van der Waals surface area contributed by atoms with Gasteiger partial charge in [-0.05, 0) is 49.9 Å². The van der Waals surface area contributed by atoms with Gasteiger partial charge in [-0.1, -0.05) is 23.7 Å². The fourth-order valence-corrected chi connectivity index (χ4v) is 2.71. The van der Waals surface area contributed by atoms with Crippen molar-refractivity contribution >= 4 is 38.9 Å². The molecule has 0 radical (unpaired) electrons. The molecule has 1 aromatic carbocycles. The predicted octanol–water partition coefficient (Wildman–Crippen LogP) is 4.21. The molecule has 1 atom stereocenters. The van der Waals surface area contributed by atoms with Gasteiger partial charge in [0.05, 0.1) is 11.1 Å². The average molecular weight is 303 g/mol. The lowest BCUT2D eigenvalue weighted by Gasteiger charge is -2.13. The van der Waals surface area contributed by atoms with Gasteiger partial charge in [0, 0.05) is 4.47 Å².